The minimum Gasteiger partial charge on any atom is -0.465 e. The number of hydrogen-bond acceptors (Lipinski definition) is 5. The number of hydrazone groups is 1. The molecule has 148 valence electrons. The molecule has 1 aromatic heterocycles. The number of benzene rings is 2. The van der Waals surface area contributed by atoms with Gasteiger partial charge >= 0.3 is 5.97 Å². The molecule has 0 radical (unpaired) electrons. The molecule has 4 rings (SSSR count). The number of ether oxygens (including phenoxy) is 1. The van der Waals surface area contributed by atoms with Gasteiger partial charge in [-0.05, 0) is 29.8 Å². The molecule has 0 amide bonds. The molecule has 0 bridgehead atoms. The number of halogens is 3. The molecule has 0 aliphatic carbocycles. The standard InChI is InChI=1S/C20H15BrF2N4O2/c1-29-20(28)14-7-12(21)6-5-11(14)9-27-10-17-16(8-24-27)25-19(26-17)13-3-2-4-15(22)18(13)23/h2-8H,9-10H2,1H3,(H,25,26). The fourth-order valence-corrected chi connectivity index (χ4v) is 3.47. The van der Waals surface area contributed by atoms with Crippen LogP contribution in [0.25, 0.3) is 11.4 Å². The van der Waals surface area contributed by atoms with Crippen LogP contribution in [-0.4, -0.2) is 34.3 Å². The van der Waals surface area contributed by atoms with Crippen LogP contribution in [0.15, 0.2) is 46.0 Å². The van der Waals surface area contributed by atoms with Gasteiger partial charge in [0.15, 0.2) is 11.6 Å². The predicted molar refractivity (Wildman–Crippen MR) is 106 cm³/mol. The normalized spacial score (nSPS) is 12.8. The van der Waals surface area contributed by atoms with Crippen LogP contribution in [-0.2, 0) is 17.8 Å². The Balaban J connectivity index is 1.58. The molecular weight excluding hydrogens is 446 g/mol. The number of methoxy groups -OCH3 is 1. The Labute approximate surface area is 173 Å². The second-order valence-electron chi connectivity index (χ2n) is 6.41. The molecule has 0 saturated heterocycles. The molecular formula is C20H15BrF2N4O2. The summed E-state index contributed by atoms with van der Waals surface area (Å²) in [7, 11) is 1.33. The minimum atomic E-state index is -0.954. The van der Waals surface area contributed by atoms with Crippen LogP contribution < -0.4 is 0 Å². The van der Waals surface area contributed by atoms with Gasteiger partial charge in [0.2, 0.25) is 0 Å². The number of nitrogens with zero attached hydrogens (tertiary/aromatic N) is 3. The van der Waals surface area contributed by atoms with Crippen molar-refractivity contribution >= 4 is 28.1 Å². The quantitative estimate of drug-likeness (QED) is 0.590. The van der Waals surface area contributed by atoms with Crippen molar-refractivity contribution in [1.82, 2.24) is 15.0 Å². The van der Waals surface area contributed by atoms with E-state index in [1.54, 1.807) is 17.3 Å². The lowest BCUT2D eigenvalue weighted by atomic mass is 10.1. The number of hydrogen-bond donors (Lipinski definition) is 1. The van der Waals surface area contributed by atoms with Gasteiger partial charge in [0.1, 0.15) is 11.5 Å². The number of esters is 1. The average Bonchev–Trinajstić information content (AvgIpc) is 3.14. The summed E-state index contributed by atoms with van der Waals surface area (Å²) in [5.74, 6) is -2.09. The second kappa shape index (κ2) is 7.75. The summed E-state index contributed by atoms with van der Waals surface area (Å²) in [4.78, 5) is 19.4. The van der Waals surface area contributed by atoms with Crippen molar-refractivity contribution in [2.24, 2.45) is 5.10 Å². The second-order valence-corrected chi connectivity index (χ2v) is 7.33. The summed E-state index contributed by atoms with van der Waals surface area (Å²) in [6, 6.07) is 9.30. The number of nitrogens with one attached hydrogen (secondary N) is 1. The van der Waals surface area contributed by atoms with E-state index < -0.39 is 17.6 Å². The fourth-order valence-electron chi connectivity index (χ4n) is 3.10. The first kappa shape index (κ1) is 19.3. The van der Waals surface area contributed by atoms with Crippen molar-refractivity contribution in [2.45, 2.75) is 13.1 Å². The highest BCUT2D eigenvalue weighted by Crippen LogP contribution is 2.26. The molecule has 0 fully saturated rings. The topological polar surface area (TPSA) is 70.6 Å². The van der Waals surface area contributed by atoms with Gasteiger partial charge in [-0.25, -0.2) is 18.6 Å². The zero-order valence-electron chi connectivity index (χ0n) is 15.2. The van der Waals surface area contributed by atoms with Crippen LogP contribution in [0.4, 0.5) is 8.78 Å². The Morgan fingerprint density at radius 3 is 2.93 bits per heavy atom. The van der Waals surface area contributed by atoms with Crippen LogP contribution in [0.3, 0.4) is 0 Å². The zero-order valence-corrected chi connectivity index (χ0v) is 16.8. The molecule has 3 aromatic rings. The first-order valence-corrected chi connectivity index (χ1v) is 9.44. The third-order valence-electron chi connectivity index (χ3n) is 4.53. The van der Waals surface area contributed by atoms with Crippen molar-refractivity contribution in [3.8, 4) is 11.4 Å². The van der Waals surface area contributed by atoms with Crippen LogP contribution in [0.2, 0.25) is 0 Å². The first-order chi connectivity index (χ1) is 14.0. The highest BCUT2D eigenvalue weighted by Gasteiger charge is 2.21. The lowest BCUT2D eigenvalue weighted by molar-refractivity contribution is 0.0598. The Hall–Kier alpha value is -3.07. The number of H-pyrrole nitrogens is 1. The molecule has 6 nitrogen and oxygen atoms in total. The van der Waals surface area contributed by atoms with E-state index in [1.807, 2.05) is 12.1 Å². The number of fused-ring (bicyclic) bond motifs is 1. The van der Waals surface area contributed by atoms with Gasteiger partial charge in [-0.15, -0.1) is 0 Å². The van der Waals surface area contributed by atoms with E-state index in [0.29, 0.717) is 24.3 Å². The maximum Gasteiger partial charge on any atom is 0.338 e. The van der Waals surface area contributed by atoms with Crippen molar-refractivity contribution in [3.63, 3.8) is 0 Å². The molecule has 0 spiro atoms. The molecule has 9 heteroatoms. The molecule has 1 aliphatic heterocycles. The SMILES string of the molecule is COC(=O)c1cc(Br)ccc1CN1Cc2[nH]c(-c3cccc(F)c3F)nc2C=N1. The highest BCUT2D eigenvalue weighted by molar-refractivity contribution is 9.10. The van der Waals surface area contributed by atoms with Gasteiger partial charge in [-0.3, -0.25) is 5.01 Å². The number of carbonyl (C=O) groups is 1. The molecule has 1 aliphatic rings. The van der Waals surface area contributed by atoms with Crippen molar-refractivity contribution in [2.75, 3.05) is 7.11 Å². The van der Waals surface area contributed by atoms with Crippen LogP contribution >= 0.6 is 15.9 Å². The summed E-state index contributed by atoms with van der Waals surface area (Å²) < 4.78 is 33.2. The summed E-state index contributed by atoms with van der Waals surface area (Å²) in [5.41, 5.74) is 2.52. The van der Waals surface area contributed by atoms with E-state index >= 15 is 0 Å². The Kier molecular flexibility index (Phi) is 5.14. The van der Waals surface area contributed by atoms with Crippen molar-refractivity contribution in [1.29, 1.82) is 0 Å². The third-order valence-corrected chi connectivity index (χ3v) is 5.02. The Morgan fingerprint density at radius 1 is 1.31 bits per heavy atom. The van der Waals surface area contributed by atoms with Crippen LogP contribution in [0, 0.1) is 11.6 Å². The van der Waals surface area contributed by atoms with Gasteiger partial charge in [0, 0.05) is 4.47 Å². The molecule has 2 aromatic carbocycles. The molecule has 0 atom stereocenters. The molecule has 2 heterocycles. The molecule has 0 saturated carbocycles. The fraction of sp³-hybridized carbons (Fsp3) is 0.150. The van der Waals surface area contributed by atoms with Gasteiger partial charge < -0.3 is 9.72 Å². The van der Waals surface area contributed by atoms with Crippen molar-refractivity contribution in [3.05, 3.63) is 75.0 Å². The maximum absolute atomic E-state index is 14.1. The monoisotopic (exact) mass is 460 g/mol. The maximum atomic E-state index is 14.1. The number of carbonyl (C=O) groups excluding carboxylic acids is 1. The Bertz CT molecular complexity index is 1130. The predicted octanol–water partition coefficient (Wildman–Crippen LogP) is 4.25. The Morgan fingerprint density at radius 2 is 2.14 bits per heavy atom. The van der Waals surface area contributed by atoms with E-state index in [2.05, 4.69) is 31.0 Å². The zero-order chi connectivity index (χ0) is 20.5. The number of aromatic amines is 1. The van der Waals surface area contributed by atoms with E-state index in [0.717, 1.165) is 21.8 Å². The van der Waals surface area contributed by atoms with E-state index in [-0.39, 0.29) is 11.4 Å². The third kappa shape index (κ3) is 3.77. The van der Waals surface area contributed by atoms with E-state index in [9.17, 15) is 13.6 Å². The van der Waals surface area contributed by atoms with Gasteiger partial charge in [0.05, 0.1) is 43.2 Å². The molecule has 1 N–H and O–H groups in total. The number of rotatable bonds is 4. The summed E-state index contributed by atoms with van der Waals surface area (Å²) in [6.07, 6.45) is 1.55. The van der Waals surface area contributed by atoms with Gasteiger partial charge in [-0.1, -0.05) is 28.1 Å². The van der Waals surface area contributed by atoms with Crippen LogP contribution in [0.5, 0.6) is 0 Å². The highest BCUT2D eigenvalue weighted by atomic mass is 79.9. The first-order valence-electron chi connectivity index (χ1n) is 8.65. The van der Waals surface area contributed by atoms with Gasteiger partial charge in [0.25, 0.3) is 0 Å². The van der Waals surface area contributed by atoms with Crippen LogP contribution in [0.1, 0.15) is 27.3 Å². The minimum absolute atomic E-state index is 0.0558. The summed E-state index contributed by atoms with van der Waals surface area (Å²) >= 11 is 3.35. The van der Waals surface area contributed by atoms with E-state index in [1.165, 1.54) is 19.2 Å². The van der Waals surface area contributed by atoms with E-state index in [4.69, 9.17) is 4.74 Å². The molecule has 0 unspecified atom stereocenters. The molecule has 29 heavy (non-hydrogen) atoms. The lowest BCUT2D eigenvalue weighted by Crippen LogP contribution is -2.22. The van der Waals surface area contributed by atoms with Crippen molar-refractivity contribution < 1.29 is 18.3 Å². The average molecular weight is 461 g/mol. The number of aromatic nitrogens is 2. The lowest BCUT2D eigenvalue weighted by Gasteiger charge is -2.22. The largest absolute Gasteiger partial charge is 0.465 e. The number of imidazole rings is 1. The summed E-state index contributed by atoms with van der Waals surface area (Å²) in [6.45, 7) is 0.725. The van der Waals surface area contributed by atoms with Gasteiger partial charge in [-0.2, -0.15) is 5.10 Å². The summed E-state index contributed by atoms with van der Waals surface area (Å²) in [5, 5.41) is 6.09. The smallest absolute Gasteiger partial charge is 0.338 e.